The Balaban J connectivity index is 1.95. The Kier molecular flexibility index (Phi) is 4.15. The molecular weight excluding hydrogens is 257 g/mol. The zero-order valence-corrected chi connectivity index (χ0v) is 10.7. The molecule has 0 amide bonds. The first-order valence-electron chi connectivity index (χ1n) is 5.69. The Labute approximate surface area is 109 Å². The van der Waals surface area contributed by atoms with Gasteiger partial charge in [-0.1, -0.05) is 23.7 Å². The molecule has 0 fully saturated rings. The number of benzene rings is 1. The third-order valence-corrected chi connectivity index (χ3v) is 2.64. The van der Waals surface area contributed by atoms with E-state index in [4.69, 9.17) is 16.1 Å². The molecule has 6 heteroatoms. The number of rotatable bonds is 5. The van der Waals surface area contributed by atoms with Gasteiger partial charge in [0.05, 0.1) is 11.6 Å². The molecule has 0 saturated heterocycles. The molecule has 96 valence electrons. The van der Waals surface area contributed by atoms with Gasteiger partial charge in [0.2, 0.25) is 5.89 Å². The topological polar surface area (TPSA) is 51.0 Å². The van der Waals surface area contributed by atoms with E-state index in [-0.39, 0.29) is 5.02 Å². The zero-order valence-electron chi connectivity index (χ0n) is 9.91. The molecule has 2 rings (SSSR count). The SMILES string of the molecule is CCCc1noc(CNc2ccc(F)c(Cl)c2)n1. The van der Waals surface area contributed by atoms with Crippen molar-refractivity contribution in [2.75, 3.05) is 5.32 Å². The minimum Gasteiger partial charge on any atom is -0.376 e. The lowest BCUT2D eigenvalue weighted by atomic mass is 10.3. The number of anilines is 1. The summed E-state index contributed by atoms with van der Waals surface area (Å²) in [6.45, 7) is 2.44. The quantitative estimate of drug-likeness (QED) is 0.903. The Morgan fingerprint density at radius 2 is 2.28 bits per heavy atom. The predicted octanol–water partition coefficient (Wildman–Crippen LogP) is 3.43. The normalized spacial score (nSPS) is 10.6. The Morgan fingerprint density at radius 1 is 1.44 bits per heavy atom. The molecule has 0 spiro atoms. The van der Waals surface area contributed by atoms with Gasteiger partial charge in [0.25, 0.3) is 0 Å². The lowest BCUT2D eigenvalue weighted by molar-refractivity contribution is 0.377. The van der Waals surface area contributed by atoms with Crippen LogP contribution in [0.5, 0.6) is 0 Å². The van der Waals surface area contributed by atoms with Crippen LogP contribution >= 0.6 is 11.6 Å². The van der Waals surface area contributed by atoms with E-state index in [9.17, 15) is 4.39 Å². The van der Waals surface area contributed by atoms with Crippen molar-refractivity contribution >= 4 is 17.3 Å². The van der Waals surface area contributed by atoms with Crippen molar-refractivity contribution in [2.45, 2.75) is 26.3 Å². The fourth-order valence-corrected chi connectivity index (χ4v) is 1.65. The van der Waals surface area contributed by atoms with Crippen molar-refractivity contribution in [1.82, 2.24) is 10.1 Å². The standard InChI is InChI=1S/C12H13ClFN3O/c1-2-3-11-16-12(18-17-11)7-15-8-4-5-10(14)9(13)6-8/h4-6,15H,2-3,7H2,1H3. The second-order valence-electron chi connectivity index (χ2n) is 3.84. The molecule has 1 N–H and O–H groups in total. The Hall–Kier alpha value is -1.62. The minimum absolute atomic E-state index is 0.0807. The van der Waals surface area contributed by atoms with Crippen LogP contribution in [0, 0.1) is 5.82 Å². The fourth-order valence-electron chi connectivity index (χ4n) is 1.47. The molecule has 1 aromatic heterocycles. The molecule has 0 aliphatic carbocycles. The second kappa shape index (κ2) is 5.82. The summed E-state index contributed by atoms with van der Waals surface area (Å²) in [6, 6.07) is 4.42. The van der Waals surface area contributed by atoms with Gasteiger partial charge >= 0.3 is 0 Å². The van der Waals surface area contributed by atoms with E-state index in [2.05, 4.69) is 22.4 Å². The molecule has 0 radical (unpaired) electrons. The Bertz CT molecular complexity index is 530. The van der Waals surface area contributed by atoms with Crippen molar-refractivity contribution in [1.29, 1.82) is 0 Å². The largest absolute Gasteiger partial charge is 0.376 e. The zero-order chi connectivity index (χ0) is 13.0. The molecule has 1 aromatic carbocycles. The lowest BCUT2D eigenvalue weighted by Gasteiger charge is -2.03. The highest BCUT2D eigenvalue weighted by Crippen LogP contribution is 2.19. The summed E-state index contributed by atoms with van der Waals surface area (Å²) in [5.74, 6) is 0.760. The van der Waals surface area contributed by atoms with Gasteiger partial charge in [0.15, 0.2) is 5.82 Å². The maximum Gasteiger partial charge on any atom is 0.245 e. The molecule has 0 aliphatic rings. The van der Waals surface area contributed by atoms with Crippen LogP contribution in [0.3, 0.4) is 0 Å². The summed E-state index contributed by atoms with van der Waals surface area (Å²) in [7, 11) is 0. The fraction of sp³-hybridized carbons (Fsp3) is 0.333. The molecule has 4 nitrogen and oxygen atoms in total. The van der Waals surface area contributed by atoms with E-state index in [1.165, 1.54) is 12.1 Å². The van der Waals surface area contributed by atoms with E-state index in [1.807, 2.05) is 0 Å². The van der Waals surface area contributed by atoms with Crippen LogP contribution < -0.4 is 5.32 Å². The van der Waals surface area contributed by atoms with Crippen molar-refractivity contribution in [2.24, 2.45) is 0 Å². The third kappa shape index (κ3) is 3.20. The van der Waals surface area contributed by atoms with E-state index in [0.29, 0.717) is 23.9 Å². The van der Waals surface area contributed by atoms with Gasteiger partial charge in [0, 0.05) is 12.1 Å². The first-order chi connectivity index (χ1) is 8.69. The van der Waals surface area contributed by atoms with Crippen LogP contribution in [0.2, 0.25) is 5.02 Å². The Morgan fingerprint density at radius 3 is 3.00 bits per heavy atom. The average Bonchev–Trinajstić information content (AvgIpc) is 2.79. The first-order valence-corrected chi connectivity index (χ1v) is 6.07. The second-order valence-corrected chi connectivity index (χ2v) is 4.24. The summed E-state index contributed by atoms with van der Waals surface area (Å²) in [4.78, 5) is 4.21. The number of aryl methyl sites for hydroxylation is 1. The number of nitrogens with one attached hydrogen (secondary N) is 1. The molecule has 0 aliphatic heterocycles. The molecule has 0 bridgehead atoms. The third-order valence-electron chi connectivity index (χ3n) is 2.35. The van der Waals surface area contributed by atoms with Crippen LogP contribution in [0.25, 0.3) is 0 Å². The molecule has 2 aromatic rings. The number of aromatic nitrogens is 2. The molecule has 0 saturated carbocycles. The highest BCUT2D eigenvalue weighted by atomic mass is 35.5. The van der Waals surface area contributed by atoms with Gasteiger partial charge in [-0.2, -0.15) is 4.98 Å². The molecule has 18 heavy (non-hydrogen) atoms. The van der Waals surface area contributed by atoms with Crippen molar-refractivity contribution < 1.29 is 8.91 Å². The van der Waals surface area contributed by atoms with Crippen molar-refractivity contribution in [3.8, 4) is 0 Å². The van der Waals surface area contributed by atoms with E-state index in [0.717, 1.165) is 12.8 Å². The van der Waals surface area contributed by atoms with Crippen LogP contribution in [0.4, 0.5) is 10.1 Å². The van der Waals surface area contributed by atoms with Gasteiger partial charge in [0.1, 0.15) is 5.82 Å². The molecule has 0 atom stereocenters. The smallest absolute Gasteiger partial charge is 0.245 e. The summed E-state index contributed by atoms with van der Waals surface area (Å²) in [6.07, 6.45) is 1.77. The molecular formula is C12H13ClFN3O. The number of nitrogens with zero attached hydrogens (tertiary/aromatic N) is 2. The van der Waals surface area contributed by atoms with Crippen molar-refractivity contribution in [3.63, 3.8) is 0 Å². The van der Waals surface area contributed by atoms with Crippen LogP contribution in [-0.4, -0.2) is 10.1 Å². The average molecular weight is 270 g/mol. The van der Waals surface area contributed by atoms with Gasteiger partial charge in [-0.15, -0.1) is 0 Å². The summed E-state index contributed by atoms with van der Waals surface area (Å²) in [5, 5.41) is 6.96. The van der Waals surface area contributed by atoms with E-state index >= 15 is 0 Å². The van der Waals surface area contributed by atoms with Gasteiger partial charge in [-0.05, 0) is 24.6 Å². The number of halogens is 2. The summed E-state index contributed by atoms with van der Waals surface area (Å²) < 4.78 is 18.0. The van der Waals surface area contributed by atoms with Crippen LogP contribution in [0.1, 0.15) is 25.1 Å². The summed E-state index contributed by atoms with van der Waals surface area (Å²) in [5.41, 5.74) is 0.705. The van der Waals surface area contributed by atoms with E-state index in [1.54, 1.807) is 6.07 Å². The van der Waals surface area contributed by atoms with E-state index < -0.39 is 5.82 Å². The first kappa shape index (κ1) is 12.8. The number of hydrogen-bond donors (Lipinski definition) is 1. The van der Waals surface area contributed by atoms with Gasteiger partial charge in [-0.25, -0.2) is 4.39 Å². The number of hydrogen-bond acceptors (Lipinski definition) is 4. The lowest BCUT2D eigenvalue weighted by Crippen LogP contribution is -2.00. The van der Waals surface area contributed by atoms with Gasteiger partial charge in [-0.3, -0.25) is 0 Å². The van der Waals surface area contributed by atoms with Crippen LogP contribution in [0.15, 0.2) is 22.7 Å². The maximum absolute atomic E-state index is 12.9. The van der Waals surface area contributed by atoms with Crippen LogP contribution in [-0.2, 0) is 13.0 Å². The highest BCUT2D eigenvalue weighted by molar-refractivity contribution is 6.31. The van der Waals surface area contributed by atoms with Crippen molar-refractivity contribution in [3.05, 3.63) is 40.8 Å². The highest BCUT2D eigenvalue weighted by Gasteiger charge is 2.06. The predicted molar refractivity (Wildman–Crippen MR) is 67.0 cm³/mol. The van der Waals surface area contributed by atoms with Gasteiger partial charge < -0.3 is 9.84 Å². The molecule has 0 unspecified atom stereocenters. The monoisotopic (exact) mass is 269 g/mol. The molecule has 1 heterocycles. The summed E-state index contributed by atoms with van der Waals surface area (Å²) >= 11 is 5.67. The minimum atomic E-state index is -0.440. The maximum atomic E-state index is 12.9.